The minimum absolute atomic E-state index is 0.0184. The second-order valence-electron chi connectivity index (χ2n) is 11.9. The Kier molecular flexibility index (Phi) is 6.61. The highest BCUT2D eigenvalue weighted by Gasteiger charge is 2.55. The second-order valence-corrected chi connectivity index (χ2v) is 11.9. The molecule has 2 heterocycles. The monoisotopic (exact) mass is 482 g/mol. The third kappa shape index (κ3) is 4.06. The lowest BCUT2D eigenvalue weighted by molar-refractivity contribution is -0.640. The average Bonchev–Trinajstić information content (AvgIpc) is 3.37. The van der Waals surface area contributed by atoms with E-state index in [9.17, 15) is 10.1 Å². The first-order chi connectivity index (χ1) is 17.7. The zero-order chi connectivity index (χ0) is 24.5. The smallest absolute Gasteiger partial charge is 0.232 e. The quantitative estimate of drug-likeness (QED) is 0.691. The summed E-state index contributed by atoms with van der Waals surface area (Å²) in [7, 11) is 0. The zero-order valence-electron chi connectivity index (χ0n) is 21.5. The van der Waals surface area contributed by atoms with Gasteiger partial charge in [-0.2, -0.15) is 5.26 Å². The van der Waals surface area contributed by atoms with Crippen molar-refractivity contribution < 1.29 is 10.1 Å². The first kappa shape index (κ1) is 23.7. The van der Waals surface area contributed by atoms with E-state index in [-0.39, 0.29) is 11.3 Å². The van der Waals surface area contributed by atoms with Crippen LogP contribution in [0, 0.1) is 23.2 Å². The Morgan fingerprint density at radius 1 is 1.00 bits per heavy atom. The molecular weight excluding hydrogens is 442 g/mol. The maximum Gasteiger partial charge on any atom is 0.232 e. The topological polar surface area (TPSA) is 60.7 Å². The third-order valence-corrected chi connectivity index (χ3v) is 10.2. The fourth-order valence-electron chi connectivity index (χ4n) is 8.39. The molecule has 4 nitrogen and oxygen atoms in total. The molecule has 1 spiro atoms. The minimum atomic E-state index is -0.120. The number of amides is 1. The van der Waals surface area contributed by atoms with Gasteiger partial charge in [0, 0.05) is 12.6 Å². The molecule has 0 bridgehead atoms. The molecule has 4 heteroatoms. The van der Waals surface area contributed by atoms with Crippen LogP contribution in [0.5, 0.6) is 0 Å². The summed E-state index contributed by atoms with van der Waals surface area (Å²) in [6, 6.07) is 20.0. The first-order valence-electron chi connectivity index (χ1n) is 14.4. The van der Waals surface area contributed by atoms with Crippen molar-refractivity contribution in [2.45, 2.75) is 81.6 Å². The third-order valence-electron chi connectivity index (χ3n) is 10.2. The summed E-state index contributed by atoms with van der Waals surface area (Å²) >= 11 is 0. The van der Waals surface area contributed by atoms with Crippen LogP contribution < -0.4 is 5.32 Å². The van der Waals surface area contributed by atoms with Gasteiger partial charge in [-0.05, 0) is 79.5 Å². The zero-order valence-corrected chi connectivity index (χ0v) is 21.5. The maximum atomic E-state index is 14.6. The molecule has 4 aliphatic rings. The van der Waals surface area contributed by atoms with Crippen LogP contribution in [-0.4, -0.2) is 36.5 Å². The fraction of sp³-hybridized carbons (Fsp3) is 0.562. The molecule has 2 aliphatic heterocycles. The second kappa shape index (κ2) is 10.0. The molecule has 0 unspecified atom stereocenters. The van der Waals surface area contributed by atoms with Gasteiger partial charge < -0.3 is 10.2 Å². The van der Waals surface area contributed by atoms with Gasteiger partial charge >= 0.3 is 0 Å². The molecule has 6 rings (SSSR count). The van der Waals surface area contributed by atoms with Gasteiger partial charge in [0.15, 0.2) is 0 Å². The van der Waals surface area contributed by atoms with Crippen molar-refractivity contribution in [2.24, 2.45) is 11.8 Å². The van der Waals surface area contributed by atoms with E-state index in [2.05, 4.69) is 52.7 Å². The van der Waals surface area contributed by atoms with Crippen molar-refractivity contribution >= 4 is 5.91 Å². The van der Waals surface area contributed by atoms with Crippen molar-refractivity contribution in [1.29, 1.82) is 5.26 Å². The largest absolute Gasteiger partial charge is 0.345 e. The van der Waals surface area contributed by atoms with E-state index in [1.54, 1.807) is 0 Å². The van der Waals surface area contributed by atoms with Crippen LogP contribution in [0.1, 0.15) is 86.0 Å². The lowest BCUT2D eigenvalue weighted by Gasteiger charge is -2.47. The van der Waals surface area contributed by atoms with Crippen molar-refractivity contribution in [2.75, 3.05) is 19.6 Å². The molecule has 3 fully saturated rings. The maximum absolute atomic E-state index is 14.6. The molecule has 188 valence electrons. The number of hydrogen-bond acceptors (Lipinski definition) is 2. The van der Waals surface area contributed by atoms with E-state index in [4.69, 9.17) is 0 Å². The normalized spacial score (nSPS) is 30.6. The molecular formula is C32H40N3O+. The summed E-state index contributed by atoms with van der Waals surface area (Å²) in [5.41, 5.74) is 4.65. The van der Waals surface area contributed by atoms with Gasteiger partial charge in [0.2, 0.25) is 5.91 Å². The summed E-state index contributed by atoms with van der Waals surface area (Å²) in [4.78, 5) is 16.9. The van der Waals surface area contributed by atoms with Crippen molar-refractivity contribution in [3.8, 4) is 6.07 Å². The van der Waals surface area contributed by atoms with Gasteiger partial charge in [0.25, 0.3) is 0 Å². The van der Waals surface area contributed by atoms with Gasteiger partial charge in [-0.15, -0.1) is 0 Å². The van der Waals surface area contributed by atoms with E-state index >= 15 is 0 Å². The Labute approximate surface area is 216 Å². The van der Waals surface area contributed by atoms with Crippen LogP contribution in [0.15, 0.2) is 48.5 Å². The van der Waals surface area contributed by atoms with Crippen LogP contribution >= 0.6 is 0 Å². The van der Waals surface area contributed by atoms with Gasteiger partial charge in [0.05, 0.1) is 30.1 Å². The van der Waals surface area contributed by atoms with Crippen LogP contribution in [0.3, 0.4) is 0 Å². The molecule has 2 aromatic rings. The van der Waals surface area contributed by atoms with Gasteiger partial charge in [-0.25, -0.2) is 0 Å². The molecule has 36 heavy (non-hydrogen) atoms. The van der Waals surface area contributed by atoms with E-state index in [0.717, 1.165) is 57.3 Å². The van der Waals surface area contributed by atoms with E-state index < -0.39 is 0 Å². The molecule has 0 radical (unpaired) electrons. The number of likely N-dealkylation sites (tertiary alicyclic amines) is 1. The van der Waals surface area contributed by atoms with E-state index in [1.165, 1.54) is 48.8 Å². The van der Waals surface area contributed by atoms with Gasteiger partial charge in [0.1, 0.15) is 5.92 Å². The van der Waals surface area contributed by atoms with E-state index in [0.29, 0.717) is 23.8 Å². The number of carbonyl (C=O) groups excluding carboxylic acids is 1. The summed E-state index contributed by atoms with van der Waals surface area (Å²) in [6.07, 6.45) is 11.8. The molecule has 1 saturated carbocycles. The van der Waals surface area contributed by atoms with Crippen LogP contribution in [-0.2, 0) is 16.6 Å². The minimum Gasteiger partial charge on any atom is -0.345 e. The number of nitrogens with two attached hydrogens (primary N) is 1. The van der Waals surface area contributed by atoms with Crippen molar-refractivity contribution in [3.05, 3.63) is 70.8 Å². The molecule has 2 N–H and O–H groups in total. The molecule has 2 aliphatic carbocycles. The summed E-state index contributed by atoms with van der Waals surface area (Å²) in [5.74, 6) is 1.62. The number of benzene rings is 2. The van der Waals surface area contributed by atoms with Crippen LogP contribution in [0.2, 0.25) is 0 Å². The molecule has 0 aromatic heterocycles. The lowest BCUT2D eigenvalue weighted by atomic mass is 9.63. The number of carbonyl (C=O) groups is 1. The highest BCUT2D eigenvalue weighted by molar-refractivity contribution is 5.82. The highest BCUT2D eigenvalue weighted by Crippen LogP contribution is 2.47. The number of nitriles is 1. The Morgan fingerprint density at radius 2 is 1.83 bits per heavy atom. The lowest BCUT2D eigenvalue weighted by Crippen LogP contribution is -2.82. The number of quaternary nitrogens is 1. The average molecular weight is 483 g/mol. The molecule has 2 aromatic carbocycles. The Bertz CT molecular complexity index is 1130. The SMILES string of the molecule is N#Cc1cccc2c1CCC[C@]21C[NH2+]C[C@H]1C(=O)N1CC[C@@H](c2ccccc2)C[C@H]1C1CCCCC1. The van der Waals surface area contributed by atoms with Crippen molar-refractivity contribution in [1.82, 2.24) is 4.90 Å². The number of fused-ring (bicyclic) bond motifs is 2. The highest BCUT2D eigenvalue weighted by atomic mass is 16.2. The molecule has 4 atom stereocenters. The predicted molar refractivity (Wildman–Crippen MR) is 141 cm³/mol. The number of rotatable bonds is 3. The predicted octanol–water partition coefficient (Wildman–Crippen LogP) is 4.68. The fourth-order valence-corrected chi connectivity index (χ4v) is 8.39. The van der Waals surface area contributed by atoms with Gasteiger partial charge in [-0.3, -0.25) is 4.79 Å². The first-order valence-corrected chi connectivity index (χ1v) is 14.4. The van der Waals surface area contributed by atoms with Gasteiger partial charge in [-0.1, -0.05) is 61.7 Å². The van der Waals surface area contributed by atoms with Crippen molar-refractivity contribution in [3.63, 3.8) is 0 Å². The Hall–Kier alpha value is -2.64. The molecule has 2 saturated heterocycles. The number of nitrogens with zero attached hydrogens (tertiary/aromatic N) is 2. The van der Waals surface area contributed by atoms with Crippen LogP contribution in [0.4, 0.5) is 0 Å². The number of piperidine rings is 1. The summed E-state index contributed by atoms with van der Waals surface area (Å²) < 4.78 is 0. The standard InChI is InChI=1S/C32H39N3O/c33-20-26-13-7-15-28-27(26)14-8-17-32(28)22-34-21-29(32)31(36)35-18-16-25(23-9-3-1-4-10-23)19-30(35)24-11-5-2-6-12-24/h1,3-4,7,9-10,13,15,24-25,29-30,34H,2,5-6,8,11-12,14,16-19,21-22H2/p+1/t25-,29+,30+,32+/m1/s1. The van der Waals surface area contributed by atoms with E-state index in [1.807, 2.05) is 12.1 Å². The number of hydrogen-bond donors (Lipinski definition) is 1. The molecule has 1 amide bonds. The Morgan fingerprint density at radius 3 is 2.64 bits per heavy atom. The Balaban J connectivity index is 1.32. The summed E-state index contributed by atoms with van der Waals surface area (Å²) in [5, 5.41) is 12.1. The summed E-state index contributed by atoms with van der Waals surface area (Å²) in [6.45, 7) is 2.74. The van der Waals surface area contributed by atoms with Crippen LogP contribution in [0.25, 0.3) is 0 Å².